The Balaban J connectivity index is 2.57. The van der Waals surface area contributed by atoms with Gasteiger partial charge in [0.05, 0.1) is 15.6 Å². The fourth-order valence-corrected chi connectivity index (χ4v) is 3.91. The number of hydrogen-bond acceptors (Lipinski definition) is 4. The van der Waals surface area contributed by atoms with Gasteiger partial charge in [0.1, 0.15) is 0 Å². The van der Waals surface area contributed by atoms with E-state index in [9.17, 15) is 0 Å². The summed E-state index contributed by atoms with van der Waals surface area (Å²) >= 11 is 6.98. The average Bonchev–Trinajstić information content (AvgIpc) is 2.97. The molecule has 0 bridgehead atoms. The van der Waals surface area contributed by atoms with E-state index in [2.05, 4.69) is 37.9 Å². The first-order valence-corrected chi connectivity index (χ1v) is 8.34. The monoisotopic (exact) mass is 310 g/mol. The van der Waals surface area contributed by atoms with Crippen molar-refractivity contribution < 1.29 is 0 Å². The largest absolute Gasteiger partial charge is 0.303 e. The molecule has 0 aliphatic rings. The van der Waals surface area contributed by atoms with Crippen LogP contribution in [0.3, 0.4) is 0 Å². The molecule has 0 spiro atoms. The average molecular weight is 310 g/mol. The molecule has 0 radical (unpaired) electrons. The molecule has 1 N–H and O–H groups in total. The molecule has 110 valence electrons. The van der Waals surface area contributed by atoms with Crippen molar-refractivity contribution in [1.82, 2.24) is 19.7 Å². The maximum Gasteiger partial charge on any atom is 0.195 e. The minimum Gasteiger partial charge on any atom is -0.303 e. The summed E-state index contributed by atoms with van der Waals surface area (Å²) in [5, 5.41) is 8.46. The number of thiazole rings is 1. The molecule has 0 fully saturated rings. The van der Waals surface area contributed by atoms with Gasteiger partial charge in [0.15, 0.2) is 10.6 Å². The highest BCUT2D eigenvalue weighted by molar-refractivity contribution is 7.71. The van der Waals surface area contributed by atoms with Crippen LogP contribution < -0.4 is 0 Å². The summed E-state index contributed by atoms with van der Waals surface area (Å²) in [7, 11) is 1.95. The molecule has 0 saturated heterocycles. The standard InChI is InChI=1S/C14H22N4S2/c1-6-9(7-2)13-15-10(8(3)4)11(20-13)12-16-17-14(19)18(12)5/h8-9H,6-7H2,1-5H3,(H,17,19). The lowest BCUT2D eigenvalue weighted by Crippen LogP contribution is -1.97. The summed E-state index contributed by atoms with van der Waals surface area (Å²) in [6, 6.07) is 0. The topological polar surface area (TPSA) is 46.5 Å². The number of H-pyrrole nitrogens is 1. The van der Waals surface area contributed by atoms with Gasteiger partial charge in [-0.25, -0.2) is 4.98 Å². The van der Waals surface area contributed by atoms with Gasteiger partial charge in [-0.3, -0.25) is 5.10 Å². The Morgan fingerprint density at radius 2 is 1.95 bits per heavy atom. The molecular formula is C14H22N4S2. The molecular weight excluding hydrogens is 288 g/mol. The first-order valence-electron chi connectivity index (χ1n) is 7.11. The predicted octanol–water partition coefficient (Wildman–Crippen LogP) is 4.63. The first kappa shape index (κ1) is 15.4. The lowest BCUT2D eigenvalue weighted by Gasteiger charge is -2.07. The Bertz CT molecular complexity index is 632. The van der Waals surface area contributed by atoms with Crippen molar-refractivity contribution in [3.8, 4) is 10.7 Å². The summed E-state index contributed by atoms with van der Waals surface area (Å²) in [5.74, 6) is 1.82. The highest BCUT2D eigenvalue weighted by Gasteiger charge is 2.22. The molecule has 0 amide bonds. The quantitative estimate of drug-likeness (QED) is 0.819. The minimum absolute atomic E-state index is 0.384. The van der Waals surface area contributed by atoms with E-state index in [-0.39, 0.29) is 0 Å². The van der Waals surface area contributed by atoms with Gasteiger partial charge in [0.25, 0.3) is 0 Å². The first-order chi connectivity index (χ1) is 9.49. The second kappa shape index (κ2) is 6.18. The van der Waals surface area contributed by atoms with Crippen LogP contribution in [0.1, 0.15) is 63.1 Å². The maximum absolute atomic E-state index is 5.22. The molecule has 2 aromatic rings. The minimum atomic E-state index is 0.384. The fourth-order valence-electron chi connectivity index (χ4n) is 2.26. The molecule has 0 aliphatic carbocycles. The fraction of sp³-hybridized carbons (Fsp3) is 0.643. The van der Waals surface area contributed by atoms with Gasteiger partial charge in [-0.2, -0.15) is 5.10 Å². The molecule has 0 aromatic carbocycles. The van der Waals surface area contributed by atoms with Crippen molar-refractivity contribution in [1.29, 1.82) is 0 Å². The zero-order chi connectivity index (χ0) is 14.9. The van der Waals surface area contributed by atoms with Gasteiger partial charge in [-0.1, -0.05) is 27.7 Å². The zero-order valence-electron chi connectivity index (χ0n) is 12.7. The van der Waals surface area contributed by atoms with E-state index in [1.165, 1.54) is 5.01 Å². The lowest BCUT2D eigenvalue weighted by atomic mass is 10.0. The van der Waals surface area contributed by atoms with Gasteiger partial charge in [-0.15, -0.1) is 11.3 Å². The summed E-state index contributed by atoms with van der Waals surface area (Å²) in [4.78, 5) is 6.05. The van der Waals surface area contributed by atoms with Crippen LogP contribution in [-0.2, 0) is 7.05 Å². The van der Waals surface area contributed by atoms with Crippen molar-refractivity contribution in [2.45, 2.75) is 52.4 Å². The highest BCUT2D eigenvalue weighted by atomic mass is 32.1. The van der Waals surface area contributed by atoms with Crippen LogP contribution in [0.2, 0.25) is 0 Å². The molecule has 0 saturated carbocycles. The number of nitrogens with zero attached hydrogens (tertiary/aromatic N) is 3. The number of aromatic amines is 1. The summed E-state index contributed by atoms with van der Waals surface area (Å²) in [6.07, 6.45) is 2.25. The third kappa shape index (κ3) is 2.72. The van der Waals surface area contributed by atoms with E-state index in [1.807, 2.05) is 11.6 Å². The molecule has 2 rings (SSSR count). The van der Waals surface area contributed by atoms with Crippen LogP contribution in [0.25, 0.3) is 10.7 Å². The number of rotatable bonds is 5. The van der Waals surface area contributed by atoms with Crippen molar-refractivity contribution in [3.05, 3.63) is 15.5 Å². The van der Waals surface area contributed by atoms with Crippen molar-refractivity contribution in [2.75, 3.05) is 0 Å². The SMILES string of the molecule is CCC(CC)c1nc(C(C)C)c(-c2n[nH]c(=S)n2C)s1. The molecule has 6 heteroatoms. The van der Waals surface area contributed by atoms with E-state index < -0.39 is 0 Å². The maximum atomic E-state index is 5.22. The van der Waals surface area contributed by atoms with Gasteiger partial charge in [0, 0.05) is 13.0 Å². The number of hydrogen-bond donors (Lipinski definition) is 1. The second-order valence-electron chi connectivity index (χ2n) is 5.35. The van der Waals surface area contributed by atoms with E-state index in [0.29, 0.717) is 16.6 Å². The van der Waals surface area contributed by atoms with Crippen molar-refractivity contribution in [2.24, 2.45) is 7.05 Å². The van der Waals surface area contributed by atoms with Crippen LogP contribution in [-0.4, -0.2) is 19.7 Å². The normalized spacial score (nSPS) is 11.8. The van der Waals surface area contributed by atoms with Crippen molar-refractivity contribution in [3.63, 3.8) is 0 Å². The molecule has 0 unspecified atom stereocenters. The van der Waals surface area contributed by atoms with E-state index >= 15 is 0 Å². The molecule has 2 heterocycles. The van der Waals surface area contributed by atoms with Crippen LogP contribution in [0.5, 0.6) is 0 Å². The summed E-state index contributed by atoms with van der Waals surface area (Å²) in [6.45, 7) is 8.80. The zero-order valence-corrected chi connectivity index (χ0v) is 14.4. The highest BCUT2D eigenvalue weighted by Crippen LogP contribution is 2.37. The lowest BCUT2D eigenvalue weighted by molar-refractivity contribution is 0.632. The molecule has 4 nitrogen and oxygen atoms in total. The van der Waals surface area contributed by atoms with Crippen LogP contribution in [0.15, 0.2) is 0 Å². The third-order valence-electron chi connectivity index (χ3n) is 3.63. The summed E-state index contributed by atoms with van der Waals surface area (Å²) < 4.78 is 2.57. The van der Waals surface area contributed by atoms with E-state index in [4.69, 9.17) is 17.2 Å². The van der Waals surface area contributed by atoms with Crippen LogP contribution >= 0.6 is 23.6 Å². The number of aromatic nitrogens is 4. The van der Waals surface area contributed by atoms with Gasteiger partial charge in [0.2, 0.25) is 0 Å². The van der Waals surface area contributed by atoms with Gasteiger partial charge >= 0.3 is 0 Å². The molecule has 0 atom stereocenters. The molecule has 20 heavy (non-hydrogen) atoms. The molecule has 2 aromatic heterocycles. The Hall–Kier alpha value is -1.01. The predicted molar refractivity (Wildman–Crippen MR) is 86.9 cm³/mol. The van der Waals surface area contributed by atoms with E-state index in [1.54, 1.807) is 11.3 Å². The third-order valence-corrected chi connectivity index (χ3v) is 5.23. The van der Waals surface area contributed by atoms with Gasteiger partial charge in [-0.05, 0) is 31.0 Å². The Morgan fingerprint density at radius 3 is 2.40 bits per heavy atom. The van der Waals surface area contributed by atoms with Crippen LogP contribution in [0.4, 0.5) is 0 Å². The van der Waals surface area contributed by atoms with E-state index in [0.717, 1.165) is 29.2 Å². The Labute approximate surface area is 129 Å². The Kier molecular flexibility index (Phi) is 4.75. The van der Waals surface area contributed by atoms with Crippen molar-refractivity contribution >= 4 is 23.6 Å². The Morgan fingerprint density at radius 1 is 1.30 bits per heavy atom. The summed E-state index contributed by atoms with van der Waals surface area (Å²) in [5.41, 5.74) is 1.13. The smallest absolute Gasteiger partial charge is 0.195 e. The molecule has 0 aliphatic heterocycles. The van der Waals surface area contributed by atoms with Crippen LogP contribution in [0, 0.1) is 4.77 Å². The number of nitrogens with one attached hydrogen (secondary N) is 1. The second-order valence-corrected chi connectivity index (χ2v) is 6.76. The van der Waals surface area contributed by atoms with Gasteiger partial charge < -0.3 is 4.57 Å².